The highest BCUT2D eigenvalue weighted by atomic mass is 16.7. The predicted molar refractivity (Wildman–Crippen MR) is 112 cm³/mol. The average Bonchev–Trinajstić information content (AvgIpc) is 2.80. The van der Waals surface area contributed by atoms with E-state index in [4.69, 9.17) is 18.6 Å². The molecule has 1 fully saturated rings. The van der Waals surface area contributed by atoms with E-state index < -0.39 is 53.4 Å². The topological polar surface area (TPSA) is 179 Å². The first-order valence-corrected chi connectivity index (χ1v) is 9.89. The molecule has 1 saturated heterocycles. The van der Waals surface area contributed by atoms with E-state index in [2.05, 4.69) is 0 Å². The van der Waals surface area contributed by atoms with Gasteiger partial charge >= 0.3 is 0 Å². The number of aliphatic hydroxyl groups excluding tert-OH is 3. The Morgan fingerprint density at radius 3 is 2.24 bits per heavy atom. The molecule has 3 aromatic rings. The molecule has 2 aromatic carbocycles. The number of phenolic OH excluding ortho intramolecular Hbond substituents is 2. The molecule has 33 heavy (non-hydrogen) atoms. The van der Waals surface area contributed by atoms with Crippen molar-refractivity contribution >= 4 is 11.0 Å². The van der Waals surface area contributed by atoms with Gasteiger partial charge in [0.1, 0.15) is 35.0 Å². The minimum Gasteiger partial charge on any atom is -0.504 e. The van der Waals surface area contributed by atoms with Crippen LogP contribution < -0.4 is 14.9 Å². The largest absolute Gasteiger partial charge is 0.504 e. The zero-order chi connectivity index (χ0) is 24.0. The van der Waals surface area contributed by atoms with E-state index in [9.17, 15) is 35.4 Å². The maximum absolute atomic E-state index is 12.7. The van der Waals surface area contributed by atoms with Crippen molar-refractivity contribution in [3.05, 3.63) is 40.6 Å². The van der Waals surface area contributed by atoms with Gasteiger partial charge in [0.05, 0.1) is 13.2 Å². The molecule has 0 unspecified atom stereocenters. The second-order valence-corrected chi connectivity index (χ2v) is 7.58. The molecule has 1 aliphatic heterocycles. The van der Waals surface area contributed by atoms with Crippen LogP contribution in [0.5, 0.6) is 28.7 Å². The second kappa shape index (κ2) is 8.45. The van der Waals surface area contributed by atoms with Crippen molar-refractivity contribution in [1.82, 2.24) is 0 Å². The number of methoxy groups -OCH3 is 1. The molecule has 1 aromatic heterocycles. The zero-order valence-corrected chi connectivity index (χ0v) is 17.5. The van der Waals surface area contributed by atoms with E-state index >= 15 is 0 Å². The molecule has 0 radical (unpaired) electrons. The Labute approximate surface area is 186 Å². The molecule has 176 valence electrons. The summed E-state index contributed by atoms with van der Waals surface area (Å²) in [5.41, 5.74) is -0.723. The number of hydrogen-bond donors (Lipinski definition) is 6. The van der Waals surface area contributed by atoms with Gasteiger partial charge in [-0.15, -0.1) is 0 Å². The standard InChI is InChI=1S/C22H22O11/c1-8-14(24)17(27)19(29)22(31-8)32-10-5-3-9(4-6-10)20-18(28)16(26)13-12(33-20)7-11(23)15(25)21(13)30-2/h3-8,14,17,19,22-25,27-29H,1-2H3/t8-,14-,17-,19-,22+/m0/s1. The smallest absolute Gasteiger partial charge is 0.238 e. The van der Waals surface area contributed by atoms with E-state index in [0.29, 0.717) is 0 Å². The van der Waals surface area contributed by atoms with Crippen LogP contribution in [0.15, 0.2) is 39.5 Å². The average molecular weight is 462 g/mol. The van der Waals surface area contributed by atoms with Crippen LogP contribution in [0.1, 0.15) is 6.92 Å². The van der Waals surface area contributed by atoms with Gasteiger partial charge in [0.15, 0.2) is 17.3 Å². The number of hydrogen-bond acceptors (Lipinski definition) is 11. The second-order valence-electron chi connectivity index (χ2n) is 7.58. The maximum Gasteiger partial charge on any atom is 0.238 e. The summed E-state index contributed by atoms with van der Waals surface area (Å²) >= 11 is 0. The van der Waals surface area contributed by atoms with Crippen LogP contribution in [0, 0.1) is 0 Å². The lowest BCUT2D eigenvalue weighted by molar-refractivity contribution is -0.268. The number of benzene rings is 2. The Morgan fingerprint density at radius 2 is 1.61 bits per heavy atom. The molecular formula is C22H22O11. The SMILES string of the molecule is COc1c(O)c(O)cc2oc(-c3ccc(O[C@H]4O[C@@H](C)[C@H](O)[C@H](O)[C@@H]4O)cc3)c(O)c(=O)c12. The Kier molecular flexibility index (Phi) is 5.80. The van der Waals surface area contributed by atoms with Crippen molar-refractivity contribution in [2.45, 2.75) is 37.6 Å². The zero-order valence-electron chi connectivity index (χ0n) is 17.5. The Hall–Kier alpha value is -3.51. The first-order valence-electron chi connectivity index (χ1n) is 9.89. The first kappa shape index (κ1) is 22.7. The van der Waals surface area contributed by atoms with Gasteiger partial charge in [-0.2, -0.15) is 0 Å². The van der Waals surface area contributed by atoms with Crippen molar-refractivity contribution in [2.24, 2.45) is 0 Å². The highest BCUT2D eigenvalue weighted by molar-refractivity contribution is 5.91. The number of fused-ring (bicyclic) bond motifs is 1. The van der Waals surface area contributed by atoms with Crippen LogP contribution in [0.2, 0.25) is 0 Å². The molecule has 11 nitrogen and oxygen atoms in total. The fourth-order valence-corrected chi connectivity index (χ4v) is 3.61. The molecule has 0 spiro atoms. The summed E-state index contributed by atoms with van der Waals surface area (Å²) in [5, 5.41) is 59.7. The van der Waals surface area contributed by atoms with E-state index in [1.165, 1.54) is 38.3 Å². The first-order chi connectivity index (χ1) is 15.6. The van der Waals surface area contributed by atoms with Crippen molar-refractivity contribution in [3.8, 4) is 40.1 Å². The van der Waals surface area contributed by atoms with E-state index in [1.54, 1.807) is 0 Å². The third-order valence-corrected chi connectivity index (χ3v) is 5.45. The molecule has 6 N–H and O–H groups in total. The van der Waals surface area contributed by atoms with Crippen molar-refractivity contribution in [2.75, 3.05) is 7.11 Å². The molecule has 2 heterocycles. The lowest BCUT2D eigenvalue weighted by atomic mass is 10.00. The van der Waals surface area contributed by atoms with Gasteiger partial charge in [0.25, 0.3) is 0 Å². The van der Waals surface area contributed by atoms with Gasteiger partial charge in [-0.25, -0.2) is 0 Å². The molecular weight excluding hydrogens is 440 g/mol. The van der Waals surface area contributed by atoms with Gasteiger partial charge in [-0.3, -0.25) is 4.79 Å². The summed E-state index contributed by atoms with van der Waals surface area (Å²) in [5.74, 6) is -2.29. The molecule has 1 aliphatic rings. The summed E-state index contributed by atoms with van der Waals surface area (Å²) in [6.45, 7) is 1.52. The number of ether oxygens (including phenoxy) is 3. The van der Waals surface area contributed by atoms with Gasteiger partial charge in [-0.1, -0.05) is 0 Å². The Morgan fingerprint density at radius 1 is 0.939 bits per heavy atom. The Bertz CT molecular complexity index is 1230. The highest BCUT2D eigenvalue weighted by Gasteiger charge is 2.43. The van der Waals surface area contributed by atoms with Crippen LogP contribution in [-0.4, -0.2) is 68.5 Å². The van der Waals surface area contributed by atoms with E-state index in [-0.39, 0.29) is 33.8 Å². The number of rotatable bonds is 4. The summed E-state index contributed by atoms with van der Waals surface area (Å²) in [6, 6.07) is 6.84. The van der Waals surface area contributed by atoms with E-state index in [0.717, 1.165) is 6.07 Å². The third-order valence-electron chi connectivity index (χ3n) is 5.45. The van der Waals surface area contributed by atoms with Gasteiger partial charge in [0.2, 0.25) is 23.2 Å². The summed E-state index contributed by atoms with van der Waals surface area (Å²) in [6.07, 6.45) is -6.21. The molecule has 0 saturated carbocycles. The maximum atomic E-state index is 12.7. The van der Waals surface area contributed by atoms with Crippen molar-refractivity contribution < 1.29 is 49.3 Å². The summed E-state index contributed by atoms with van der Waals surface area (Å²) in [4.78, 5) is 12.7. The number of phenols is 2. The molecule has 5 atom stereocenters. The Balaban J connectivity index is 1.67. The van der Waals surface area contributed by atoms with Gasteiger partial charge in [-0.05, 0) is 31.2 Å². The molecule has 4 rings (SSSR count). The minimum absolute atomic E-state index is 0.125. The number of aliphatic hydroxyl groups is 3. The quantitative estimate of drug-likeness (QED) is 0.302. The van der Waals surface area contributed by atoms with Gasteiger partial charge < -0.3 is 49.3 Å². The predicted octanol–water partition coefficient (Wildman–Crippen LogP) is 0.792. The number of aromatic hydroxyl groups is 3. The fourth-order valence-electron chi connectivity index (χ4n) is 3.61. The summed E-state index contributed by atoms with van der Waals surface area (Å²) < 4.78 is 21.5. The van der Waals surface area contributed by atoms with Crippen LogP contribution in [-0.2, 0) is 4.74 Å². The van der Waals surface area contributed by atoms with Gasteiger partial charge in [0, 0.05) is 11.6 Å². The highest BCUT2D eigenvalue weighted by Crippen LogP contribution is 2.43. The third kappa shape index (κ3) is 3.80. The lowest BCUT2D eigenvalue weighted by Crippen LogP contribution is -2.58. The van der Waals surface area contributed by atoms with Crippen LogP contribution in [0.25, 0.3) is 22.3 Å². The van der Waals surface area contributed by atoms with Crippen molar-refractivity contribution in [3.63, 3.8) is 0 Å². The summed E-state index contributed by atoms with van der Waals surface area (Å²) in [7, 11) is 1.18. The van der Waals surface area contributed by atoms with Crippen molar-refractivity contribution in [1.29, 1.82) is 0 Å². The fraction of sp³-hybridized carbons (Fsp3) is 0.318. The lowest BCUT2D eigenvalue weighted by Gasteiger charge is -2.38. The monoisotopic (exact) mass is 462 g/mol. The molecule has 0 amide bonds. The van der Waals surface area contributed by atoms with Crippen LogP contribution >= 0.6 is 0 Å². The minimum atomic E-state index is -1.49. The molecule has 11 heteroatoms. The van der Waals surface area contributed by atoms with Crippen LogP contribution in [0.4, 0.5) is 0 Å². The van der Waals surface area contributed by atoms with Crippen LogP contribution in [0.3, 0.4) is 0 Å². The molecule has 0 aliphatic carbocycles. The normalized spacial score (nSPS) is 25.2. The molecule has 0 bridgehead atoms. The van der Waals surface area contributed by atoms with E-state index in [1.807, 2.05) is 0 Å².